The Morgan fingerprint density at radius 1 is 1.27 bits per heavy atom. The molecule has 30 heavy (non-hydrogen) atoms. The van der Waals surface area contributed by atoms with Crippen LogP contribution in [0.1, 0.15) is 21.7 Å². The second-order valence-electron chi connectivity index (χ2n) is 6.09. The molecule has 3 rings (SSSR count). The van der Waals surface area contributed by atoms with E-state index in [1.54, 1.807) is 36.8 Å². The molecule has 7 nitrogen and oxygen atoms in total. The van der Waals surface area contributed by atoms with Crippen molar-refractivity contribution in [2.75, 3.05) is 0 Å². The fourth-order valence-corrected chi connectivity index (χ4v) is 2.46. The summed E-state index contributed by atoms with van der Waals surface area (Å²) in [5, 5.41) is 10.7. The molecule has 0 bridgehead atoms. The van der Waals surface area contributed by atoms with Crippen LogP contribution in [-0.2, 0) is 17.9 Å². The number of aromatic amines is 1. The number of hydrogen-bond acceptors (Lipinski definition) is 3. The molecule has 0 aliphatic rings. The number of amides is 1. The minimum atomic E-state index is -5.08. The second-order valence-corrected chi connectivity index (χ2v) is 6.09. The van der Waals surface area contributed by atoms with Crippen LogP contribution in [0.15, 0.2) is 36.8 Å². The number of aryl methyl sites for hydroxylation is 1. The molecular weight excluding hydrogens is 415 g/mol. The van der Waals surface area contributed by atoms with Crippen LogP contribution >= 0.6 is 0 Å². The molecule has 0 atom stereocenters. The van der Waals surface area contributed by atoms with E-state index in [4.69, 9.17) is 9.90 Å². The monoisotopic (exact) mass is 432 g/mol. The molecule has 0 aliphatic heterocycles. The van der Waals surface area contributed by atoms with Gasteiger partial charge in [-0.25, -0.2) is 18.6 Å². The van der Waals surface area contributed by atoms with Gasteiger partial charge in [0.15, 0.2) is 0 Å². The zero-order valence-electron chi connectivity index (χ0n) is 15.5. The van der Waals surface area contributed by atoms with Crippen LogP contribution in [-0.4, -0.2) is 44.1 Å². The zero-order valence-corrected chi connectivity index (χ0v) is 15.5. The smallest absolute Gasteiger partial charge is 0.475 e. The highest BCUT2D eigenvalue weighted by molar-refractivity contribution is 5.98. The first kappa shape index (κ1) is 22.8. The van der Waals surface area contributed by atoms with Crippen molar-refractivity contribution in [3.05, 3.63) is 53.7 Å². The van der Waals surface area contributed by atoms with Gasteiger partial charge >= 0.3 is 12.1 Å². The minimum Gasteiger partial charge on any atom is -0.475 e. The molecule has 1 amide bonds. The number of halogens is 5. The molecule has 1 aromatic carbocycles. The lowest BCUT2D eigenvalue weighted by Gasteiger charge is -2.07. The van der Waals surface area contributed by atoms with E-state index in [0.717, 1.165) is 16.8 Å². The maximum absolute atomic E-state index is 12.6. The number of fused-ring (bicyclic) bond motifs is 1. The van der Waals surface area contributed by atoms with E-state index in [-0.39, 0.29) is 12.5 Å². The Morgan fingerprint density at radius 2 is 1.93 bits per heavy atom. The average molecular weight is 432 g/mol. The van der Waals surface area contributed by atoms with E-state index in [1.807, 2.05) is 6.92 Å². The van der Waals surface area contributed by atoms with Crippen LogP contribution in [0.25, 0.3) is 10.9 Å². The van der Waals surface area contributed by atoms with Crippen LogP contribution in [0, 0.1) is 6.92 Å². The Labute approximate surface area is 166 Å². The van der Waals surface area contributed by atoms with Crippen molar-refractivity contribution in [1.29, 1.82) is 0 Å². The third-order valence-corrected chi connectivity index (χ3v) is 3.96. The first-order valence-corrected chi connectivity index (χ1v) is 8.43. The molecule has 2 heterocycles. The number of alkyl halides is 5. The molecule has 162 valence electrons. The van der Waals surface area contributed by atoms with Gasteiger partial charge < -0.3 is 20.0 Å². The maximum atomic E-state index is 12.6. The number of carboxylic acid groups (broad SMARTS) is 1. The first-order valence-electron chi connectivity index (χ1n) is 8.43. The summed E-state index contributed by atoms with van der Waals surface area (Å²) in [5.74, 6) is -3.02. The normalized spacial score (nSPS) is 11.3. The van der Waals surface area contributed by atoms with E-state index in [2.05, 4.69) is 15.3 Å². The van der Waals surface area contributed by atoms with Gasteiger partial charge in [-0.15, -0.1) is 0 Å². The van der Waals surface area contributed by atoms with Crippen LogP contribution in [0.4, 0.5) is 22.0 Å². The number of benzene rings is 1. The summed E-state index contributed by atoms with van der Waals surface area (Å²) in [6, 6.07) is 6.82. The highest BCUT2D eigenvalue weighted by Crippen LogP contribution is 2.19. The lowest BCUT2D eigenvalue weighted by Crippen LogP contribution is -2.23. The van der Waals surface area contributed by atoms with Crippen LogP contribution in [0.2, 0.25) is 0 Å². The van der Waals surface area contributed by atoms with Gasteiger partial charge in [-0.3, -0.25) is 4.79 Å². The Balaban J connectivity index is 0.000000396. The molecule has 0 radical (unpaired) electrons. The first-order chi connectivity index (χ1) is 14.0. The van der Waals surface area contributed by atoms with Gasteiger partial charge in [0.1, 0.15) is 0 Å². The zero-order chi connectivity index (χ0) is 22.5. The number of hydrogen-bond donors (Lipinski definition) is 3. The number of H-pyrrole nitrogens is 1. The molecule has 0 saturated carbocycles. The van der Waals surface area contributed by atoms with Crippen molar-refractivity contribution < 1.29 is 36.6 Å². The summed E-state index contributed by atoms with van der Waals surface area (Å²) >= 11 is 0. The number of carbonyl (C=O) groups is 2. The molecule has 12 heteroatoms. The minimum absolute atomic E-state index is 0.265. The summed E-state index contributed by atoms with van der Waals surface area (Å²) in [4.78, 5) is 28.2. The number of aliphatic carboxylic acids is 1. The van der Waals surface area contributed by atoms with Gasteiger partial charge in [-0.1, -0.05) is 6.07 Å². The summed E-state index contributed by atoms with van der Waals surface area (Å²) in [5.41, 5.74) is 2.71. The summed E-state index contributed by atoms with van der Waals surface area (Å²) in [6.45, 7) is 1.79. The topological polar surface area (TPSA) is 100 Å². The SMILES string of the molecule is Cc1[nH]cnc1CNC(=O)c1ccc2ccn(CC(F)F)c2c1.O=C(O)C(F)(F)F. The van der Waals surface area contributed by atoms with Gasteiger partial charge in [0.2, 0.25) is 0 Å². The van der Waals surface area contributed by atoms with Crippen molar-refractivity contribution >= 4 is 22.8 Å². The molecule has 0 spiro atoms. The van der Waals surface area contributed by atoms with Gasteiger partial charge in [0, 0.05) is 23.0 Å². The summed E-state index contributed by atoms with van der Waals surface area (Å²) < 4.78 is 58.4. The number of carbonyl (C=O) groups excluding carboxylic acids is 1. The Hall–Kier alpha value is -3.44. The van der Waals surface area contributed by atoms with Crippen LogP contribution in [0.5, 0.6) is 0 Å². The maximum Gasteiger partial charge on any atom is 0.490 e. The Kier molecular flexibility index (Phi) is 7.14. The number of nitrogens with zero attached hydrogens (tertiary/aromatic N) is 2. The summed E-state index contributed by atoms with van der Waals surface area (Å²) in [6.07, 6.45) is -4.35. The standard InChI is InChI=1S/C16H16F2N4O.C2HF3O2/c1-10-13(21-9-20-10)7-19-16(23)12-3-2-11-4-5-22(8-15(17)18)14(11)6-12;3-2(4,5)1(6)7/h2-6,9,15H,7-8H2,1H3,(H,19,23)(H,20,21);(H,6,7). The lowest BCUT2D eigenvalue weighted by molar-refractivity contribution is -0.192. The van der Waals surface area contributed by atoms with Crippen molar-refractivity contribution in [3.8, 4) is 0 Å². The van der Waals surface area contributed by atoms with E-state index >= 15 is 0 Å². The number of rotatable bonds is 5. The predicted molar refractivity (Wildman–Crippen MR) is 96.1 cm³/mol. The highest BCUT2D eigenvalue weighted by atomic mass is 19.4. The lowest BCUT2D eigenvalue weighted by atomic mass is 10.1. The molecule has 0 saturated heterocycles. The third-order valence-electron chi connectivity index (χ3n) is 3.96. The van der Waals surface area contributed by atoms with Crippen LogP contribution < -0.4 is 5.32 Å². The van der Waals surface area contributed by atoms with E-state index in [1.165, 1.54) is 4.57 Å². The van der Waals surface area contributed by atoms with Crippen molar-refractivity contribution in [2.24, 2.45) is 0 Å². The largest absolute Gasteiger partial charge is 0.490 e. The number of aromatic nitrogens is 3. The fraction of sp³-hybridized carbons (Fsp3) is 0.278. The molecular formula is C18H17F5N4O3. The Bertz CT molecular complexity index is 1030. The van der Waals surface area contributed by atoms with Gasteiger partial charge in [-0.2, -0.15) is 13.2 Å². The van der Waals surface area contributed by atoms with Crippen molar-refractivity contribution in [3.63, 3.8) is 0 Å². The highest BCUT2D eigenvalue weighted by Gasteiger charge is 2.38. The third kappa shape index (κ3) is 6.03. The van der Waals surface area contributed by atoms with Gasteiger partial charge in [0.05, 0.1) is 25.1 Å². The summed E-state index contributed by atoms with van der Waals surface area (Å²) in [7, 11) is 0. The predicted octanol–water partition coefficient (Wildman–Crippen LogP) is 3.50. The molecule has 2 aromatic heterocycles. The molecule has 0 unspecified atom stereocenters. The average Bonchev–Trinajstić information content (AvgIpc) is 3.24. The second kappa shape index (κ2) is 9.37. The van der Waals surface area contributed by atoms with Crippen molar-refractivity contribution in [2.45, 2.75) is 32.6 Å². The van der Waals surface area contributed by atoms with Gasteiger partial charge in [0.25, 0.3) is 12.3 Å². The molecule has 0 fully saturated rings. The van der Waals surface area contributed by atoms with Crippen LogP contribution in [0.3, 0.4) is 0 Å². The Morgan fingerprint density at radius 3 is 2.47 bits per heavy atom. The number of nitrogens with one attached hydrogen (secondary N) is 2. The number of imidazole rings is 1. The molecule has 3 N–H and O–H groups in total. The molecule has 3 aromatic rings. The van der Waals surface area contributed by atoms with Gasteiger partial charge in [-0.05, 0) is 30.5 Å². The molecule has 0 aliphatic carbocycles. The van der Waals surface area contributed by atoms with E-state index < -0.39 is 18.6 Å². The van der Waals surface area contributed by atoms with Crippen molar-refractivity contribution in [1.82, 2.24) is 19.9 Å². The fourth-order valence-electron chi connectivity index (χ4n) is 2.46. The van der Waals surface area contributed by atoms with E-state index in [0.29, 0.717) is 17.6 Å². The quantitative estimate of drug-likeness (QED) is 0.538. The van der Waals surface area contributed by atoms with E-state index in [9.17, 15) is 26.7 Å². The number of carboxylic acids is 1.